The predicted octanol–water partition coefficient (Wildman–Crippen LogP) is 4.12. The SMILES string of the molecule is C[C@]12CC[C@@H]3c4ccccc4CC[C@H]3[C@@H]1C[C@@H](Cl)[C@H]2O. The lowest BCUT2D eigenvalue weighted by atomic mass is 9.55. The Morgan fingerprint density at radius 3 is 2.90 bits per heavy atom. The number of halogens is 1. The highest BCUT2D eigenvalue weighted by atomic mass is 35.5. The van der Waals surface area contributed by atoms with E-state index in [0.29, 0.717) is 11.8 Å². The van der Waals surface area contributed by atoms with Crippen molar-refractivity contribution in [3.8, 4) is 0 Å². The third-order valence-corrected chi connectivity index (χ3v) is 6.99. The van der Waals surface area contributed by atoms with Gasteiger partial charge in [-0.3, -0.25) is 0 Å². The summed E-state index contributed by atoms with van der Waals surface area (Å²) in [6.45, 7) is 2.28. The van der Waals surface area contributed by atoms with E-state index in [2.05, 4.69) is 31.2 Å². The fraction of sp³-hybridized carbons (Fsp3) is 0.667. The summed E-state index contributed by atoms with van der Waals surface area (Å²) in [5, 5.41) is 10.5. The predicted molar refractivity (Wildman–Crippen MR) is 82.1 cm³/mol. The van der Waals surface area contributed by atoms with Crippen LogP contribution in [-0.4, -0.2) is 16.6 Å². The molecule has 6 atom stereocenters. The molecule has 1 aromatic rings. The quantitative estimate of drug-likeness (QED) is 0.713. The van der Waals surface area contributed by atoms with E-state index in [9.17, 15) is 5.11 Å². The van der Waals surface area contributed by atoms with Crippen LogP contribution in [0.5, 0.6) is 0 Å². The summed E-state index contributed by atoms with van der Waals surface area (Å²) < 4.78 is 0. The third-order valence-electron chi connectivity index (χ3n) is 6.57. The van der Waals surface area contributed by atoms with Gasteiger partial charge in [-0.1, -0.05) is 31.2 Å². The van der Waals surface area contributed by atoms with E-state index in [1.165, 1.54) is 19.3 Å². The number of hydrogen-bond donors (Lipinski definition) is 1. The summed E-state index contributed by atoms with van der Waals surface area (Å²) >= 11 is 6.41. The number of fused-ring (bicyclic) bond motifs is 5. The van der Waals surface area contributed by atoms with E-state index in [1.54, 1.807) is 11.1 Å². The molecule has 108 valence electrons. The molecule has 0 bridgehead atoms. The van der Waals surface area contributed by atoms with Crippen molar-refractivity contribution in [1.29, 1.82) is 0 Å². The van der Waals surface area contributed by atoms with Crippen molar-refractivity contribution < 1.29 is 5.11 Å². The second-order valence-corrected chi connectivity index (χ2v) is 7.92. The molecule has 20 heavy (non-hydrogen) atoms. The van der Waals surface area contributed by atoms with Gasteiger partial charge < -0.3 is 5.11 Å². The Labute approximate surface area is 126 Å². The molecular formula is C18H23ClO. The number of benzene rings is 1. The molecule has 1 nitrogen and oxygen atoms in total. The van der Waals surface area contributed by atoms with Gasteiger partial charge in [0.25, 0.3) is 0 Å². The molecule has 0 heterocycles. The Bertz CT molecular complexity index is 528. The molecule has 0 spiro atoms. The molecule has 2 fully saturated rings. The lowest BCUT2D eigenvalue weighted by Gasteiger charge is -2.50. The van der Waals surface area contributed by atoms with Crippen LogP contribution in [-0.2, 0) is 6.42 Å². The van der Waals surface area contributed by atoms with Crippen LogP contribution in [0.2, 0.25) is 0 Å². The van der Waals surface area contributed by atoms with Gasteiger partial charge in [0.1, 0.15) is 0 Å². The minimum Gasteiger partial charge on any atom is -0.391 e. The Morgan fingerprint density at radius 2 is 2.05 bits per heavy atom. The first-order valence-electron chi connectivity index (χ1n) is 8.01. The maximum absolute atomic E-state index is 10.5. The maximum Gasteiger partial charge on any atom is 0.0760 e. The van der Waals surface area contributed by atoms with Crippen LogP contribution in [0, 0.1) is 17.3 Å². The molecular weight excluding hydrogens is 268 g/mol. The molecule has 3 aliphatic carbocycles. The van der Waals surface area contributed by atoms with E-state index in [-0.39, 0.29) is 16.9 Å². The molecule has 2 saturated carbocycles. The van der Waals surface area contributed by atoms with Gasteiger partial charge in [0, 0.05) is 0 Å². The Kier molecular flexibility index (Phi) is 2.95. The van der Waals surface area contributed by atoms with Gasteiger partial charge in [-0.2, -0.15) is 0 Å². The van der Waals surface area contributed by atoms with Gasteiger partial charge >= 0.3 is 0 Å². The van der Waals surface area contributed by atoms with Crippen LogP contribution < -0.4 is 0 Å². The minimum absolute atomic E-state index is 0.0408. The lowest BCUT2D eigenvalue weighted by Crippen LogP contribution is -2.44. The van der Waals surface area contributed by atoms with Gasteiger partial charge in [-0.25, -0.2) is 0 Å². The van der Waals surface area contributed by atoms with Gasteiger partial charge in [0.2, 0.25) is 0 Å². The molecule has 4 rings (SSSR count). The average Bonchev–Trinajstić information content (AvgIpc) is 2.71. The normalized spacial score (nSPS) is 46.5. The van der Waals surface area contributed by atoms with Crippen molar-refractivity contribution in [2.45, 2.75) is 56.4 Å². The largest absolute Gasteiger partial charge is 0.391 e. The Morgan fingerprint density at radius 1 is 1.25 bits per heavy atom. The standard InChI is InChI=1S/C18H23ClO/c1-18-9-8-13-12-5-3-2-4-11(12)6-7-14(13)15(18)10-16(19)17(18)20/h2-5,13-17,20H,6-10H2,1H3/t13-,14-,15+,16-,17-,18+/m1/s1. The van der Waals surface area contributed by atoms with Crippen molar-refractivity contribution in [1.82, 2.24) is 0 Å². The van der Waals surface area contributed by atoms with Crippen molar-refractivity contribution in [2.75, 3.05) is 0 Å². The van der Waals surface area contributed by atoms with Crippen molar-refractivity contribution in [3.63, 3.8) is 0 Å². The first-order valence-corrected chi connectivity index (χ1v) is 8.45. The van der Waals surface area contributed by atoms with Crippen LogP contribution in [0.1, 0.15) is 49.7 Å². The molecule has 0 saturated heterocycles. The van der Waals surface area contributed by atoms with Crippen LogP contribution in [0.15, 0.2) is 24.3 Å². The maximum atomic E-state index is 10.5. The van der Waals surface area contributed by atoms with Crippen molar-refractivity contribution in [3.05, 3.63) is 35.4 Å². The summed E-state index contributed by atoms with van der Waals surface area (Å²) in [6.07, 6.45) is 5.51. The van der Waals surface area contributed by atoms with Crippen LogP contribution in [0.3, 0.4) is 0 Å². The first-order chi connectivity index (χ1) is 9.61. The van der Waals surface area contributed by atoms with Gasteiger partial charge in [-0.15, -0.1) is 11.6 Å². The lowest BCUT2D eigenvalue weighted by molar-refractivity contribution is -0.0219. The Hall–Kier alpha value is -0.530. The Balaban J connectivity index is 1.72. The number of aliphatic hydroxyl groups excluding tert-OH is 1. The molecule has 1 aromatic carbocycles. The number of hydrogen-bond acceptors (Lipinski definition) is 1. The number of rotatable bonds is 0. The molecule has 1 N–H and O–H groups in total. The summed E-state index contributed by atoms with van der Waals surface area (Å²) in [5.74, 6) is 2.03. The topological polar surface area (TPSA) is 20.2 Å². The van der Waals surface area contributed by atoms with Gasteiger partial charge in [0.05, 0.1) is 11.5 Å². The van der Waals surface area contributed by atoms with Crippen LogP contribution in [0.25, 0.3) is 0 Å². The monoisotopic (exact) mass is 290 g/mol. The highest BCUT2D eigenvalue weighted by Gasteiger charge is 2.57. The minimum atomic E-state index is -0.313. The van der Waals surface area contributed by atoms with E-state index >= 15 is 0 Å². The zero-order chi connectivity index (χ0) is 13.9. The third kappa shape index (κ3) is 1.66. The summed E-state index contributed by atoms with van der Waals surface area (Å²) in [5.41, 5.74) is 3.19. The molecule has 3 aliphatic rings. The highest BCUT2D eigenvalue weighted by Crippen LogP contribution is 2.61. The first kappa shape index (κ1) is 13.2. The molecule has 0 unspecified atom stereocenters. The molecule has 0 aliphatic heterocycles. The van der Waals surface area contributed by atoms with E-state index in [4.69, 9.17) is 11.6 Å². The zero-order valence-electron chi connectivity index (χ0n) is 12.1. The number of alkyl halides is 1. The molecule has 0 amide bonds. The van der Waals surface area contributed by atoms with Crippen LogP contribution >= 0.6 is 11.6 Å². The molecule has 0 radical (unpaired) electrons. The summed E-state index contributed by atoms with van der Waals surface area (Å²) in [6, 6.07) is 8.98. The second-order valence-electron chi connectivity index (χ2n) is 7.36. The van der Waals surface area contributed by atoms with Crippen molar-refractivity contribution in [2.24, 2.45) is 17.3 Å². The second kappa shape index (κ2) is 4.48. The zero-order valence-corrected chi connectivity index (χ0v) is 12.8. The van der Waals surface area contributed by atoms with E-state index < -0.39 is 0 Å². The van der Waals surface area contributed by atoms with E-state index in [1.807, 2.05) is 0 Å². The average molecular weight is 291 g/mol. The van der Waals surface area contributed by atoms with Crippen LogP contribution in [0.4, 0.5) is 0 Å². The van der Waals surface area contributed by atoms with Gasteiger partial charge in [-0.05, 0) is 66.4 Å². The highest BCUT2D eigenvalue weighted by molar-refractivity contribution is 6.21. The summed E-state index contributed by atoms with van der Waals surface area (Å²) in [7, 11) is 0. The fourth-order valence-corrected chi connectivity index (χ4v) is 5.95. The van der Waals surface area contributed by atoms with Crippen molar-refractivity contribution >= 4 is 11.6 Å². The number of aliphatic hydroxyl groups is 1. The molecule has 0 aromatic heterocycles. The van der Waals surface area contributed by atoms with Gasteiger partial charge in [0.15, 0.2) is 0 Å². The smallest absolute Gasteiger partial charge is 0.0760 e. The van der Waals surface area contributed by atoms with E-state index in [0.717, 1.165) is 18.8 Å². The number of aryl methyl sites for hydroxylation is 1. The molecule has 2 heteroatoms. The summed E-state index contributed by atoms with van der Waals surface area (Å²) in [4.78, 5) is 0. The fourth-order valence-electron chi connectivity index (χ4n) is 5.47.